The third-order valence-electron chi connectivity index (χ3n) is 2.14. The minimum atomic E-state index is -3.98. The Bertz CT molecular complexity index is 491. The molecule has 1 unspecified atom stereocenters. The molecular weight excluding hydrogens is 250 g/mol. The maximum absolute atomic E-state index is 13.3. The molecule has 7 heteroatoms. The molecule has 0 radical (unpaired) electrons. The molecule has 0 fully saturated rings. The van der Waals surface area contributed by atoms with E-state index in [1.54, 1.807) is 6.92 Å². The molecule has 0 spiro atoms. The molecule has 4 nitrogen and oxygen atoms in total. The van der Waals surface area contributed by atoms with Gasteiger partial charge in [0.1, 0.15) is 16.5 Å². The van der Waals surface area contributed by atoms with Crippen LogP contribution in [0.5, 0.6) is 0 Å². The van der Waals surface area contributed by atoms with Gasteiger partial charge in [0.2, 0.25) is 10.0 Å². The van der Waals surface area contributed by atoms with Gasteiger partial charge in [0.25, 0.3) is 0 Å². The molecule has 0 aliphatic carbocycles. The predicted octanol–water partition coefficient (Wildman–Crippen LogP) is 0.980. The molecule has 17 heavy (non-hydrogen) atoms. The molecule has 0 heterocycles. The number of hydrogen-bond donors (Lipinski definition) is 2. The molecule has 0 aliphatic heterocycles. The van der Waals surface area contributed by atoms with Gasteiger partial charge >= 0.3 is 0 Å². The quantitative estimate of drug-likeness (QED) is 0.832. The highest BCUT2D eigenvalue weighted by molar-refractivity contribution is 7.89. The summed E-state index contributed by atoms with van der Waals surface area (Å²) in [4.78, 5) is -0.567. The molecule has 96 valence electrons. The lowest BCUT2D eigenvalue weighted by Gasteiger charge is -2.13. The van der Waals surface area contributed by atoms with Gasteiger partial charge in [-0.05, 0) is 32.0 Å². The lowest BCUT2D eigenvalue weighted by atomic mass is 10.3. The van der Waals surface area contributed by atoms with Gasteiger partial charge < -0.3 is 5.73 Å². The summed E-state index contributed by atoms with van der Waals surface area (Å²) in [5.74, 6) is -1.94. The summed E-state index contributed by atoms with van der Waals surface area (Å²) in [5, 5.41) is 0. The Balaban J connectivity index is 2.97. The number of halogens is 2. The van der Waals surface area contributed by atoms with Crippen LogP contribution >= 0.6 is 0 Å². The van der Waals surface area contributed by atoms with Gasteiger partial charge in [-0.25, -0.2) is 21.9 Å². The minimum Gasteiger partial charge on any atom is -0.330 e. The third-order valence-corrected chi connectivity index (χ3v) is 3.76. The van der Waals surface area contributed by atoms with Crippen LogP contribution in [0, 0.1) is 11.6 Å². The van der Waals surface area contributed by atoms with Gasteiger partial charge in [-0.15, -0.1) is 0 Å². The highest BCUT2D eigenvalue weighted by Crippen LogP contribution is 2.15. The van der Waals surface area contributed by atoms with Crippen molar-refractivity contribution in [3.8, 4) is 0 Å². The summed E-state index contributed by atoms with van der Waals surface area (Å²) in [7, 11) is -3.98. The first-order valence-electron chi connectivity index (χ1n) is 5.04. The van der Waals surface area contributed by atoms with Crippen LogP contribution in [0.2, 0.25) is 0 Å². The molecular formula is C10H14F2N2O2S. The number of hydrogen-bond acceptors (Lipinski definition) is 3. The van der Waals surface area contributed by atoms with Crippen LogP contribution in [0.1, 0.15) is 13.3 Å². The zero-order valence-corrected chi connectivity index (χ0v) is 10.1. The molecule has 1 rings (SSSR count). The molecule has 1 aromatic carbocycles. The molecule has 0 aromatic heterocycles. The lowest BCUT2D eigenvalue weighted by molar-refractivity contribution is 0.528. The minimum absolute atomic E-state index is 0.315. The molecule has 0 aliphatic rings. The Morgan fingerprint density at radius 1 is 1.41 bits per heavy atom. The topological polar surface area (TPSA) is 72.2 Å². The Hall–Kier alpha value is -1.05. The number of sulfonamides is 1. The summed E-state index contributed by atoms with van der Waals surface area (Å²) in [5.41, 5.74) is 5.28. The van der Waals surface area contributed by atoms with Crippen LogP contribution < -0.4 is 10.5 Å². The molecule has 0 saturated carbocycles. The van der Waals surface area contributed by atoms with E-state index in [-0.39, 0.29) is 0 Å². The Morgan fingerprint density at radius 2 is 2.06 bits per heavy atom. The standard InChI is InChI=1S/C10H14F2N2O2S/c1-7(4-5-13)14-17(15,16)10-3-2-8(11)6-9(10)12/h2-3,6-7,14H,4-5,13H2,1H3. The molecule has 1 atom stereocenters. The van der Waals surface area contributed by atoms with E-state index in [2.05, 4.69) is 4.72 Å². The van der Waals surface area contributed by atoms with Gasteiger partial charge in [-0.2, -0.15) is 0 Å². The zero-order chi connectivity index (χ0) is 13.1. The second-order valence-corrected chi connectivity index (χ2v) is 5.36. The summed E-state index contributed by atoms with van der Waals surface area (Å²) >= 11 is 0. The zero-order valence-electron chi connectivity index (χ0n) is 9.28. The van der Waals surface area contributed by atoms with E-state index in [0.29, 0.717) is 19.0 Å². The van der Waals surface area contributed by atoms with Crippen molar-refractivity contribution in [2.24, 2.45) is 5.73 Å². The summed E-state index contributed by atoms with van der Waals surface area (Å²) in [6.07, 6.45) is 0.433. The third kappa shape index (κ3) is 3.72. The van der Waals surface area contributed by atoms with Crippen molar-refractivity contribution < 1.29 is 17.2 Å². The first-order chi connectivity index (χ1) is 7.86. The second-order valence-electron chi connectivity index (χ2n) is 3.67. The highest BCUT2D eigenvalue weighted by atomic mass is 32.2. The van der Waals surface area contributed by atoms with Crippen LogP contribution in [-0.4, -0.2) is 21.0 Å². The molecule has 1 aromatic rings. The summed E-state index contributed by atoms with van der Waals surface area (Å²) in [6, 6.07) is 1.91. The Kier molecular flexibility index (Phi) is 4.55. The van der Waals surface area contributed by atoms with E-state index in [0.717, 1.165) is 12.1 Å². The Morgan fingerprint density at radius 3 is 2.59 bits per heavy atom. The van der Waals surface area contributed by atoms with Gasteiger partial charge in [0, 0.05) is 12.1 Å². The van der Waals surface area contributed by atoms with Crippen molar-refractivity contribution in [3.63, 3.8) is 0 Å². The number of benzene rings is 1. The highest BCUT2D eigenvalue weighted by Gasteiger charge is 2.21. The van der Waals surface area contributed by atoms with Crippen molar-refractivity contribution in [2.45, 2.75) is 24.3 Å². The first-order valence-corrected chi connectivity index (χ1v) is 6.52. The largest absolute Gasteiger partial charge is 0.330 e. The summed E-state index contributed by atoms with van der Waals surface area (Å²) in [6.45, 7) is 1.93. The van der Waals surface area contributed by atoms with E-state index in [9.17, 15) is 17.2 Å². The summed E-state index contributed by atoms with van der Waals surface area (Å²) < 4.78 is 51.7. The fourth-order valence-electron chi connectivity index (χ4n) is 1.33. The Labute approximate surface area is 98.9 Å². The lowest BCUT2D eigenvalue weighted by Crippen LogP contribution is -2.34. The molecule has 0 saturated heterocycles. The normalized spacial score (nSPS) is 13.6. The fourth-order valence-corrected chi connectivity index (χ4v) is 2.67. The maximum atomic E-state index is 13.3. The first kappa shape index (κ1) is 14.0. The predicted molar refractivity (Wildman–Crippen MR) is 59.8 cm³/mol. The van der Waals surface area contributed by atoms with E-state index < -0.39 is 32.6 Å². The van der Waals surface area contributed by atoms with Crippen LogP contribution in [-0.2, 0) is 10.0 Å². The number of nitrogens with one attached hydrogen (secondary N) is 1. The molecule has 0 amide bonds. The average Bonchev–Trinajstić information content (AvgIpc) is 2.15. The monoisotopic (exact) mass is 264 g/mol. The van der Waals surface area contributed by atoms with Gasteiger partial charge in [0.15, 0.2) is 0 Å². The van der Waals surface area contributed by atoms with Crippen molar-refractivity contribution >= 4 is 10.0 Å². The van der Waals surface area contributed by atoms with Crippen molar-refractivity contribution in [2.75, 3.05) is 6.54 Å². The van der Waals surface area contributed by atoms with Crippen molar-refractivity contribution in [1.82, 2.24) is 4.72 Å². The molecule has 3 N–H and O–H groups in total. The smallest absolute Gasteiger partial charge is 0.243 e. The second kappa shape index (κ2) is 5.52. The van der Waals surface area contributed by atoms with Crippen LogP contribution in [0.25, 0.3) is 0 Å². The van der Waals surface area contributed by atoms with E-state index in [1.165, 1.54) is 0 Å². The van der Waals surface area contributed by atoms with Crippen molar-refractivity contribution in [1.29, 1.82) is 0 Å². The van der Waals surface area contributed by atoms with Gasteiger partial charge in [0.05, 0.1) is 0 Å². The van der Waals surface area contributed by atoms with Gasteiger partial charge in [-0.1, -0.05) is 0 Å². The molecule has 0 bridgehead atoms. The van der Waals surface area contributed by atoms with Gasteiger partial charge in [-0.3, -0.25) is 0 Å². The van der Waals surface area contributed by atoms with Crippen LogP contribution in [0.4, 0.5) is 8.78 Å². The van der Waals surface area contributed by atoms with Crippen LogP contribution in [0.3, 0.4) is 0 Å². The maximum Gasteiger partial charge on any atom is 0.243 e. The van der Waals surface area contributed by atoms with E-state index in [4.69, 9.17) is 5.73 Å². The van der Waals surface area contributed by atoms with Crippen molar-refractivity contribution in [3.05, 3.63) is 29.8 Å². The van der Waals surface area contributed by atoms with E-state index >= 15 is 0 Å². The fraction of sp³-hybridized carbons (Fsp3) is 0.400. The van der Waals surface area contributed by atoms with Crippen LogP contribution in [0.15, 0.2) is 23.1 Å². The van der Waals surface area contributed by atoms with E-state index in [1.807, 2.05) is 0 Å². The number of nitrogens with two attached hydrogens (primary N) is 1. The average molecular weight is 264 g/mol. The SMILES string of the molecule is CC(CCN)NS(=O)(=O)c1ccc(F)cc1F. The number of rotatable bonds is 5.